The van der Waals surface area contributed by atoms with Crippen LogP contribution in [0.25, 0.3) is 11.0 Å². The van der Waals surface area contributed by atoms with Crippen LogP contribution >= 0.6 is 11.8 Å². The molecule has 3 aromatic carbocycles. The number of nitro benzene ring substituents is 1. The zero-order chi connectivity index (χ0) is 22.5. The van der Waals surface area contributed by atoms with Gasteiger partial charge in [-0.05, 0) is 42.5 Å². The fourth-order valence-electron chi connectivity index (χ4n) is 2.94. The van der Waals surface area contributed by atoms with Gasteiger partial charge in [0.05, 0.1) is 21.7 Å². The summed E-state index contributed by atoms with van der Waals surface area (Å²) in [4.78, 5) is 42.6. The number of fused-ring (bicyclic) bond motifs is 1. The number of rotatable bonds is 7. The highest BCUT2D eigenvalue weighted by atomic mass is 32.2. The molecule has 0 aliphatic carbocycles. The third kappa shape index (κ3) is 5.10. The van der Waals surface area contributed by atoms with E-state index in [1.807, 2.05) is 24.3 Å². The highest BCUT2D eigenvalue weighted by molar-refractivity contribution is 7.99. The minimum absolute atomic E-state index is 0.0618. The van der Waals surface area contributed by atoms with Crippen LogP contribution < -0.4 is 10.6 Å². The van der Waals surface area contributed by atoms with E-state index >= 15 is 0 Å². The zero-order valence-electron chi connectivity index (χ0n) is 16.6. The molecule has 160 valence electrons. The minimum Gasteiger partial charge on any atom is -0.333 e. The van der Waals surface area contributed by atoms with Crippen LogP contribution in [0.5, 0.6) is 0 Å². The van der Waals surface area contributed by atoms with Crippen LogP contribution in [0.4, 0.5) is 17.1 Å². The van der Waals surface area contributed by atoms with Crippen LogP contribution in [-0.2, 0) is 4.79 Å². The summed E-state index contributed by atoms with van der Waals surface area (Å²) in [5.41, 5.74) is 2.93. The Kier molecular flexibility index (Phi) is 6.13. The molecule has 0 radical (unpaired) electrons. The maximum atomic E-state index is 12.5. The Morgan fingerprint density at radius 3 is 2.50 bits per heavy atom. The number of H-pyrrole nitrogens is 1. The molecule has 2 amide bonds. The lowest BCUT2D eigenvalue weighted by atomic mass is 10.1. The van der Waals surface area contributed by atoms with E-state index in [9.17, 15) is 19.7 Å². The number of thioether (sulfide) groups is 1. The van der Waals surface area contributed by atoms with Crippen molar-refractivity contribution in [2.24, 2.45) is 0 Å². The smallest absolute Gasteiger partial charge is 0.269 e. The monoisotopic (exact) mass is 447 g/mol. The van der Waals surface area contributed by atoms with Gasteiger partial charge in [-0.25, -0.2) is 4.98 Å². The molecule has 4 rings (SSSR count). The van der Waals surface area contributed by atoms with Gasteiger partial charge in [0.2, 0.25) is 5.91 Å². The summed E-state index contributed by atoms with van der Waals surface area (Å²) in [5.74, 6) is -0.478. The second kappa shape index (κ2) is 9.31. The summed E-state index contributed by atoms with van der Waals surface area (Å²) in [5, 5.41) is 16.8. The van der Waals surface area contributed by atoms with Gasteiger partial charge < -0.3 is 15.6 Å². The first kappa shape index (κ1) is 21.1. The largest absolute Gasteiger partial charge is 0.333 e. The van der Waals surface area contributed by atoms with Crippen molar-refractivity contribution in [2.75, 3.05) is 16.4 Å². The van der Waals surface area contributed by atoms with Crippen molar-refractivity contribution in [1.82, 2.24) is 9.97 Å². The second-order valence-corrected chi connectivity index (χ2v) is 7.70. The topological polar surface area (TPSA) is 130 Å². The van der Waals surface area contributed by atoms with E-state index in [-0.39, 0.29) is 17.3 Å². The first-order valence-corrected chi connectivity index (χ1v) is 10.5. The standard InChI is InChI=1S/C22H17N5O4S/c28-20(13-32-22-25-18-6-1-2-7-19(18)26-22)23-16-5-3-4-14(12-16)21(29)24-15-8-10-17(11-9-15)27(30)31/h1-12H,13H2,(H,23,28)(H,24,29)(H,25,26). The predicted octanol–water partition coefficient (Wildman–Crippen LogP) is 4.45. The molecule has 0 atom stereocenters. The molecule has 0 aliphatic heterocycles. The molecule has 0 unspecified atom stereocenters. The molecule has 0 aliphatic rings. The summed E-state index contributed by atoms with van der Waals surface area (Å²) in [7, 11) is 0. The summed E-state index contributed by atoms with van der Waals surface area (Å²) < 4.78 is 0. The number of nitrogens with one attached hydrogen (secondary N) is 3. The highest BCUT2D eigenvalue weighted by Gasteiger charge is 2.11. The number of aromatic amines is 1. The van der Waals surface area contributed by atoms with E-state index in [4.69, 9.17) is 0 Å². The van der Waals surface area contributed by atoms with E-state index in [2.05, 4.69) is 20.6 Å². The lowest BCUT2D eigenvalue weighted by Crippen LogP contribution is -2.16. The van der Waals surface area contributed by atoms with Gasteiger partial charge in [0, 0.05) is 29.1 Å². The summed E-state index contributed by atoms with van der Waals surface area (Å²) >= 11 is 1.28. The SMILES string of the molecule is O=C(CSc1nc2ccccc2[nH]1)Nc1cccc(C(=O)Nc2ccc([N+](=O)[O-])cc2)c1. The third-order valence-electron chi connectivity index (χ3n) is 4.45. The molecule has 1 heterocycles. The first-order chi connectivity index (χ1) is 15.5. The van der Waals surface area contributed by atoms with Gasteiger partial charge in [-0.15, -0.1) is 0 Å². The molecule has 4 aromatic rings. The number of para-hydroxylation sites is 2. The molecule has 10 heteroatoms. The summed E-state index contributed by atoms with van der Waals surface area (Å²) in [6, 6.07) is 19.7. The summed E-state index contributed by atoms with van der Waals surface area (Å²) in [6.45, 7) is 0. The average molecular weight is 447 g/mol. The summed E-state index contributed by atoms with van der Waals surface area (Å²) in [6.07, 6.45) is 0. The molecular weight excluding hydrogens is 430 g/mol. The number of nitrogens with zero attached hydrogens (tertiary/aromatic N) is 2. The van der Waals surface area contributed by atoms with Gasteiger partial charge >= 0.3 is 0 Å². The number of hydrogen-bond acceptors (Lipinski definition) is 6. The molecule has 3 N–H and O–H groups in total. The maximum Gasteiger partial charge on any atom is 0.269 e. The van der Waals surface area contributed by atoms with Crippen molar-refractivity contribution in [1.29, 1.82) is 0 Å². The number of anilines is 2. The molecular formula is C22H17N5O4S. The van der Waals surface area contributed by atoms with E-state index in [0.29, 0.717) is 22.1 Å². The molecule has 0 fully saturated rings. The Bertz CT molecular complexity index is 1270. The maximum absolute atomic E-state index is 12.5. The van der Waals surface area contributed by atoms with Gasteiger partial charge in [0.15, 0.2) is 5.16 Å². The number of benzene rings is 3. The van der Waals surface area contributed by atoms with Crippen LogP contribution in [0, 0.1) is 10.1 Å². The van der Waals surface area contributed by atoms with Gasteiger partial charge in [0.1, 0.15) is 0 Å². The molecule has 9 nitrogen and oxygen atoms in total. The number of hydrogen-bond donors (Lipinski definition) is 3. The van der Waals surface area contributed by atoms with Crippen LogP contribution in [-0.4, -0.2) is 32.5 Å². The van der Waals surface area contributed by atoms with Crippen molar-refractivity contribution < 1.29 is 14.5 Å². The second-order valence-electron chi connectivity index (χ2n) is 6.73. The molecule has 0 saturated heterocycles. The Morgan fingerprint density at radius 2 is 1.75 bits per heavy atom. The number of nitro groups is 1. The van der Waals surface area contributed by atoms with Crippen LogP contribution in [0.15, 0.2) is 78.0 Å². The zero-order valence-corrected chi connectivity index (χ0v) is 17.4. The van der Waals surface area contributed by atoms with Gasteiger partial charge in [-0.2, -0.15) is 0 Å². The average Bonchev–Trinajstić information content (AvgIpc) is 3.21. The number of imidazole rings is 1. The van der Waals surface area contributed by atoms with Crippen molar-refractivity contribution >= 4 is 51.7 Å². The normalized spacial score (nSPS) is 10.6. The Balaban J connectivity index is 1.34. The van der Waals surface area contributed by atoms with Crippen molar-refractivity contribution in [3.63, 3.8) is 0 Å². The number of aromatic nitrogens is 2. The van der Waals surface area contributed by atoms with Gasteiger partial charge in [-0.1, -0.05) is 30.0 Å². The Labute approximate surface area is 186 Å². The fourth-order valence-corrected chi connectivity index (χ4v) is 3.62. The minimum atomic E-state index is -0.510. The quantitative estimate of drug-likeness (QED) is 0.218. The first-order valence-electron chi connectivity index (χ1n) is 9.51. The number of carbonyl (C=O) groups is 2. The van der Waals surface area contributed by atoms with Crippen molar-refractivity contribution in [3.05, 3.63) is 88.5 Å². The Hall–Kier alpha value is -4.18. The van der Waals surface area contributed by atoms with Gasteiger partial charge in [-0.3, -0.25) is 19.7 Å². The predicted molar refractivity (Wildman–Crippen MR) is 123 cm³/mol. The van der Waals surface area contributed by atoms with Crippen LogP contribution in [0.3, 0.4) is 0 Å². The number of carbonyl (C=O) groups excluding carboxylic acids is 2. The van der Waals surface area contributed by atoms with E-state index < -0.39 is 10.8 Å². The lowest BCUT2D eigenvalue weighted by Gasteiger charge is -2.08. The number of non-ortho nitro benzene ring substituents is 1. The molecule has 1 aromatic heterocycles. The fraction of sp³-hybridized carbons (Fsp3) is 0.0455. The lowest BCUT2D eigenvalue weighted by molar-refractivity contribution is -0.384. The number of amides is 2. The molecule has 32 heavy (non-hydrogen) atoms. The molecule has 0 bridgehead atoms. The van der Waals surface area contributed by atoms with Crippen molar-refractivity contribution in [3.8, 4) is 0 Å². The van der Waals surface area contributed by atoms with E-state index in [1.165, 1.54) is 36.0 Å². The van der Waals surface area contributed by atoms with E-state index in [1.54, 1.807) is 24.3 Å². The van der Waals surface area contributed by atoms with Gasteiger partial charge in [0.25, 0.3) is 11.6 Å². The van der Waals surface area contributed by atoms with E-state index in [0.717, 1.165) is 11.0 Å². The Morgan fingerprint density at radius 1 is 0.969 bits per heavy atom. The highest BCUT2D eigenvalue weighted by Crippen LogP contribution is 2.20. The third-order valence-corrected chi connectivity index (χ3v) is 5.33. The van der Waals surface area contributed by atoms with Crippen LogP contribution in [0.1, 0.15) is 10.4 Å². The molecule has 0 saturated carbocycles. The van der Waals surface area contributed by atoms with Crippen molar-refractivity contribution in [2.45, 2.75) is 5.16 Å². The van der Waals surface area contributed by atoms with Crippen LogP contribution in [0.2, 0.25) is 0 Å². The molecule has 0 spiro atoms.